The molecule has 3 amide bonds. The SMILES string of the molecule is CC(C)[Si](Oc1c2c(c(OC(C)(C)C(=O)O)c3cc(Cc4ccc(F)cc4)cnc13)CN(C)C2=O)(C(C)C)C(C)C.CN(C)C(=O)C(C)(C)Oc1c2c(c(O)c3ncc(Cc4ccc(F)cc4)cc13)C(=O)N(C)C2. The maximum absolute atomic E-state index is 13.7. The largest absolute Gasteiger partial charge is 0.541 e. The second-order valence-corrected chi connectivity index (χ2v) is 27.0. The van der Waals surface area contributed by atoms with Crippen LogP contribution in [0.15, 0.2) is 73.1 Å². The number of rotatable bonds is 15. The zero-order chi connectivity index (χ0) is 54.5. The molecule has 0 atom stereocenters. The minimum Gasteiger partial charge on any atom is -0.541 e. The van der Waals surface area contributed by atoms with E-state index in [0.717, 1.165) is 22.3 Å². The summed E-state index contributed by atoms with van der Waals surface area (Å²) in [6, 6.07) is 16.2. The number of fused-ring (bicyclic) bond motifs is 4. The van der Waals surface area contributed by atoms with Crippen LogP contribution in [-0.2, 0) is 35.5 Å². The number of hydrogen-bond donors (Lipinski definition) is 2. The first-order valence-corrected chi connectivity index (χ1v) is 26.9. The van der Waals surface area contributed by atoms with Crippen LogP contribution in [-0.4, -0.2) is 106 Å². The second kappa shape index (κ2) is 20.6. The fourth-order valence-corrected chi connectivity index (χ4v) is 15.7. The molecule has 6 aromatic rings. The summed E-state index contributed by atoms with van der Waals surface area (Å²) in [6.45, 7) is 19.9. The van der Waals surface area contributed by atoms with E-state index in [0.29, 0.717) is 63.1 Å². The topological polar surface area (TPSA) is 172 Å². The molecule has 0 unspecified atom stereocenters. The number of carboxylic acids is 1. The number of carbonyl (C=O) groups excluding carboxylic acids is 3. The predicted octanol–water partition coefficient (Wildman–Crippen LogP) is 10.8. The third-order valence-electron chi connectivity index (χ3n) is 14.1. The lowest BCUT2D eigenvalue weighted by Gasteiger charge is -2.42. The first kappa shape index (κ1) is 54.6. The summed E-state index contributed by atoms with van der Waals surface area (Å²) >= 11 is 0. The number of likely N-dealkylation sites (N-methyl/N-ethyl adjacent to an activating group) is 1. The van der Waals surface area contributed by atoms with Crippen LogP contribution in [0.1, 0.15) is 123 Å². The van der Waals surface area contributed by atoms with Crippen LogP contribution in [0.2, 0.25) is 16.6 Å². The monoisotopic (exact) mass is 1030 g/mol. The van der Waals surface area contributed by atoms with Gasteiger partial charge >= 0.3 is 5.97 Å². The number of carboxylic acid groups (broad SMARTS) is 1. The first-order valence-electron chi connectivity index (χ1n) is 24.7. The van der Waals surface area contributed by atoms with E-state index in [2.05, 4.69) is 46.5 Å². The summed E-state index contributed by atoms with van der Waals surface area (Å²) in [4.78, 5) is 65.1. The number of phenolic OH excluding ortho intramolecular Hbond substituents is 1. The summed E-state index contributed by atoms with van der Waals surface area (Å²) in [5.41, 5.74) is 3.79. The summed E-state index contributed by atoms with van der Waals surface area (Å²) in [5.74, 6) is -1.59. The lowest BCUT2D eigenvalue weighted by molar-refractivity contribution is -0.152. The second-order valence-electron chi connectivity index (χ2n) is 21.6. The van der Waals surface area contributed by atoms with Gasteiger partial charge in [0, 0.05) is 62.5 Å². The van der Waals surface area contributed by atoms with E-state index < -0.39 is 25.5 Å². The van der Waals surface area contributed by atoms with Crippen molar-refractivity contribution in [3.05, 3.63) is 129 Å². The van der Waals surface area contributed by atoms with E-state index in [-0.39, 0.29) is 75.9 Å². The van der Waals surface area contributed by atoms with Crippen LogP contribution >= 0.6 is 0 Å². The molecule has 74 heavy (non-hydrogen) atoms. The number of aromatic hydroxyl groups is 1. The third kappa shape index (κ3) is 10.3. The lowest BCUT2D eigenvalue weighted by atomic mass is 9.98. The number of aliphatic carboxylic acids is 1. The zero-order valence-electron chi connectivity index (χ0n) is 44.7. The Balaban J connectivity index is 0.000000221. The number of carbonyl (C=O) groups is 4. The van der Waals surface area contributed by atoms with Crippen molar-refractivity contribution in [1.29, 1.82) is 0 Å². The molecule has 0 fully saturated rings. The predicted molar refractivity (Wildman–Crippen MR) is 283 cm³/mol. The van der Waals surface area contributed by atoms with Crippen molar-refractivity contribution in [2.24, 2.45) is 0 Å². The van der Waals surface area contributed by atoms with E-state index in [9.17, 15) is 38.2 Å². The molecule has 0 saturated carbocycles. The minimum atomic E-state index is -2.52. The molecule has 8 rings (SSSR count). The lowest BCUT2D eigenvalue weighted by Crippen LogP contribution is -2.51. The van der Waals surface area contributed by atoms with E-state index in [1.807, 2.05) is 12.1 Å². The molecule has 392 valence electrons. The summed E-state index contributed by atoms with van der Waals surface area (Å²) in [6.07, 6.45) is 4.32. The van der Waals surface area contributed by atoms with Crippen LogP contribution in [0.25, 0.3) is 21.8 Å². The van der Waals surface area contributed by atoms with Crippen molar-refractivity contribution in [1.82, 2.24) is 24.7 Å². The smallest absolute Gasteiger partial charge is 0.347 e. The number of pyridine rings is 2. The molecule has 0 radical (unpaired) electrons. The van der Waals surface area contributed by atoms with Gasteiger partial charge in [-0.3, -0.25) is 24.4 Å². The van der Waals surface area contributed by atoms with Gasteiger partial charge in [0.1, 0.15) is 39.9 Å². The first-order chi connectivity index (χ1) is 34.6. The Morgan fingerprint density at radius 2 is 1.07 bits per heavy atom. The quantitative estimate of drug-likeness (QED) is 0.0938. The Labute approximate surface area is 432 Å². The van der Waals surface area contributed by atoms with Crippen molar-refractivity contribution in [3.8, 4) is 23.0 Å². The van der Waals surface area contributed by atoms with Crippen molar-refractivity contribution in [2.75, 3.05) is 28.2 Å². The molecule has 14 nitrogen and oxygen atoms in total. The van der Waals surface area contributed by atoms with Crippen molar-refractivity contribution >= 4 is 53.8 Å². The maximum Gasteiger partial charge on any atom is 0.347 e. The van der Waals surface area contributed by atoms with E-state index in [1.165, 1.54) is 47.9 Å². The number of benzene rings is 4. The molecule has 4 aromatic carbocycles. The van der Waals surface area contributed by atoms with Crippen LogP contribution in [0.4, 0.5) is 8.78 Å². The van der Waals surface area contributed by atoms with Crippen molar-refractivity contribution in [3.63, 3.8) is 0 Å². The Morgan fingerprint density at radius 1 is 0.662 bits per heavy atom. The number of hydrogen-bond acceptors (Lipinski definition) is 10. The average Bonchev–Trinajstić information content (AvgIpc) is 3.80. The highest BCUT2D eigenvalue weighted by Gasteiger charge is 2.49. The van der Waals surface area contributed by atoms with Gasteiger partial charge in [0.05, 0.1) is 24.2 Å². The number of halogens is 2. The molecule has 4 heterocycles. The fraction of sp³-hybridized carbons (Fsp3) is 0.404. The minimum absolute atomic E-state index is 0.145. The molecule has 0 saturated heterocycles. The Hall–Kier alpha value is -7.14. The molecular formula is C57H67F2N5O9Si. The molecule has 2 aromatic heterocycles. The number of phenols is 1. The average molecular weight is 1030 g/mol. The third-order valence-corrected chi connectivity index (χ3v) is 20.1. The number of amides is 3. The van der Waals surface area contributed by atoms with Gasteiger partial charge in [0.25, 0.3) is 26.0 Å². The molecule has 0 bridgehead atoms. The highest BCUT2D eigenvalue weighted by molar-refractivity contribution is 6.78. The molecule has 0 spiro atoms. The highest BCUT2D eigenvalue weighted by Crippen LogP contribution is 2.51. The van der Waals surface area contributed by atoms with E-state index in [4.69, 9.17) is 18.9 Å². The highest BCUT2D eigenvalue weighted by atomic mass is 28.4. The van der Waals surface area contributed by atoms with Gasteiger partial charge in [-0.1, -0.05) is 65.8 Å². The number of aromatic nitrogens is 2. The van der Waals surface area contributed by atoms with Gasteiger partial charge in [0.15, 0.2) is 17.0 Å². The van der Waals surface area contributed by atoms with Gasteiger partial charge in [0.2, 0.25) is 0 Å². The van der Waals surface area contributed by atoms with E-state index in [1.54, 1.807) is 83.6 Å². The molecule has 2 aliphatic rings. The Bertz CT molecular complexity index is 3150. The summed E-state index contributed by atoms with van der Waals surface area (Å²) in [7, 11) is 4.12. The molecule has 17 heteroatoms. The van der Waals surface area contributed by atoms with Crippen molar-refractivity contribution in [2.45, 2.75) is 123 Å². The van der Waals surface area contributed by atoms with Gasteiger partial charge in [-0.05, 0) is 116 Å². The summed E-state index contributed by atoms with van der Waals surface area (Å²) in [5, 5.41) is 21.9. The van der Waals surface area contributed by atoms with E-state index >= 15 is 0 Å². The van der Waals surface area contributed by atoms with Gasteiger partial charge < -0.3 is 38.8 Å². The van der Waals surface area contributed by atoms with Crippen LogP contribution in [0, 0.1) is 11.6 Å². The standard InChI is InChI=1S/C32H41FN2O5Si.C25H26FN3O4/c1-18(2)41(19(3)4,20(5)6)40-29-26-25(17-35(9)30(26)36)28(39-32(7,8)31(37)38)24-15-22(16-34-27(24)29)14-21-10-12-23(33)13-11-21;1-25(2,24(32)28(3)4)33-22-17-11-15(10-14-6-8-16(26)9-7-14)12-27-20(17)21(30)19-18(22)13-29(5)23(19)31/h10-13,15-16,18-20H,14,17H2,1-9H3,(H,37,38);6-9,11-12,30H,10,13H2,1-5H3. The van der Waals surface area contributed by atoms with Gasteiger partial charge in [-0.2, -0.15) is 0 Å². The molecule has 2 aliphatic heterocycles. The fourth-order valence-electron chi connectivity index (χ4n) is 10.4. The van der Waals surface area contributed by atoms with Crippen LogP contribution in [0.5, 0.6) is 23.0 Å². The van der Waals surface area contributed by atoms with Crippen LogP contribution in [0.3, 0.4) is 0 Å². The Morgan fingerprint density at radius 3 is 1.50 bits per heavy atom. The van der Waals surface area contributed by atoms with Crippen LogP contribution < -0.4 is 13.9 Å². The van der Waals surface area contributed by atoms with Gasteiger partial charge in [-0.25, -0.2) is 13.6 Å². The van der Waals surface area contributed by atoms with Gasteiger partial charge in [-0.15, -0.1) is 0 Å². The molecule has 0 aliphatic carbocycles. The number of nitrogens with zero attached hydrogens (tertiary/aromatic N) is 5. The summed E-state index contributed by atoms with van der Waals surface area (Å²) < 4.78 is 46.5. The number of ether oxygens (including phenoxy) is 2. The molecule has 2 N–H and O–H groups in total. The Kier molecular flexibility index (Phi) is 15.2. The maximum atomic E-state index is 13.7. The zero-order valence-corrected chi connectivity index (χ0v) is 45.7. The normalized spacial score (nSPS) is 13.7. The van der Waals surface area contributed by atoms with Crippen molar-refractivity contribution < 1.29 is 52.1 Å². The molecular weight excluding hydrogens is 965 g/mol.